The summed E-state index contributed by atoms with van der Waals surface area (Å²) in [4.78, 5) is 4.97. The standard InChI is InChI=1S/C17H29N3/c1-11(2)17-19-15-10-18-8-7-16(15)20(17)14-6-5-12(3)13(4)9-14/h11-14,18H,5-10H2,1-4H3. The molecule has 3 nitrogen and oxygen atoms in total. The van der Waals surface area contributed by atoms with Crippen LogP contribution in [-0.2, 0) is 13.0 Å². The van der Waals surface area contributed by atoms with Crippen molar-refractivity contribution in [1.29, 1.82) is 0 Å². The Bertz CT molecular complexity index is 475. The molecule has 3 rings (SSSR count). The van der Waals surface area contributed by atoms with Crippen LogP contribution in [0.3, 0.4) is 0 Å². The second-order valence-corrected chi connectivity index (χ2v) is 7.24. The summed E-state index contributed by atoms with van der Waals surface area (Å²) in [7, 11) is 0. The van der Waals surface area contributed by atoms with E-state index in [1.54, 1.807) is 0 Å². The SMILES string of the molecule is CC(C)c1nc2c(n1C1CCC(C)C(C)C1)CCNC2. The first kappa shape index (κ1) is 14.1. The highest BCUT2D eigenvalue weighted by Crippen LogP contribution is 2.39. The summed E-state index contributed by atoms with van der Waals surface area (Å²) in [6.07, 6.45) is 5.18. The highest BCUT2D eigenvalue weighted by atomic mass is 15.1. The molecule has 1 N–H and O–H groups in total. The summed E-state index contributed by atoms with van der Waals surface area (Å²) in [5.41, 5.74) is 2.84. The van der Waals surface area contributed by atoms with Crippen molar-refractivity contribution in [2.75, 3.05) is 6.54 Å². The van der Waals surface area contributed by atoms with Crippen LogP contribution in [-0.4, -0.2) is 16.1 Å². The number of hydrogen-bond donors (Lipinski definition) is 1. The van der Waals surface area contributed by atoms with E-state index in [0.717, 1.165) is 31.3 Å². The lowest BCUT2D eigenvalue weighted by Gasteiger charge is -2.35. The van der Waals surface area contributed by atoms with Gasteiger partial charge in [-0.05, 0) is 31.1 Å². The maximum absolute atomic E-state index is 4.97. The van der Waals surface area contributed by atoms with Gasteiger partial charge in [0, 0.05) is 37.2 Å². The predicted octanol–water partition coefficient (Wildman–Crippen LogP) is 3.65. The van der Waals surface area contributed by atoms with Gasteiger partial charge in [0.1, 0.15) is 5.82 Å². The van der Waals surface area contributed by atoms with Crippen molar-refractivity contribution >= 4 is 0 Å². The van der Waals surface area contributed by atoms with Crippen LogP contribution in [0.5, 0.6) is 0 Å². The van der Waals surface area contributed by atoms with Crippen LogP contribution in [0.4, 0.5) is 0 Å². The maximum Gasteiger partial charge on any atom is 0.112 e. The number of rotatable bonds is 2. The first-order valence-corrected chi connectivity index (χ1v) is 8.38. The molecule has 0 radical (unpaired) electrons. The maximum atomic E-state index is 4.97. The van der Waals surface area contributed by atoms with Crippen molar-refractivity contribution in [3.05, 3.63) is 17.2 Å². The lowest BCUT2D eigenvalue weighted by Crippen LogP contribution is -2.29. The minimum absolute atomic E-state index is 0.523. The molecule has 2 heterocycles. The van der Waals surface area contributed by atoms with Crippen LogP contribution in [0.15, 0.2) is 0 Å². The molecule has 2 aliphatic rings. The van der Waals surface area contributed by atoms with E-state index in [4.69, 9.17) is 4.98 Å². The Hall–Kier alpha value is -0.830. The molecule has 3 unspecified atom stereocenters. The molecular formula is C17H29N3. The molecule has 1 aromatic rings. The molecule has 1 saturated carbocycles. The van der Waals surface area contributed by atoms with Gasteiger partial charge < -0.3 is 9.88 Å². The summed E-state index contributed by atoms with van der Waals surface area (Å²) in [5, 5.41) is 3.46. The van der Waals surface area contributed by atoms with E-state index in [1.165, 1.54) is 36.5 Å². The van der Waals surface area contributed by atoms with E-state index < -0.39 is 0 Å². The van der Waals surface area contributed by atoms with Crippen molar-refractivity contribution in [1.82, 2.24) is 14.9 Å². The van der Waals surface area contributed by atoms with Gasteiger partial charge in [0.25, 0.3) is 0 Å². The smallest absolute Gasteiger partial charge is 0.112 e. The van der Waals surface area contributed by atoms with Crippen molar-refractivity contribution < 1.29 is 0 Å². The zero-order valence-corrected chi connectivity index (χ0v) is 13.4. The molecule has 3 atom stereocenters. The second kappa shape index (κ2) is 5.51. The fourth-order valence-corrected chi connectivity index (χ4v) is 3.92. The van der Waals surface area contributed by atoms with Gasteiger partial charge in [0.2, 0.25) is 0 Å². The van der Waals surface area contributed by atoms with Gasteiger partial charge in [-0.15, -0.1) is 0 Å². The summed E-state index contributed by atoms with van der Waals surface area (Å²) >= 11 is 0. The zero-order valence-electron chi connectivity index (χ0n) is 13.4. The average molecular weight is 275 g/mol. The van der Waals surface area contributed by atoms with Gasteiger partial charge in [0.05, 0.1) is 5.69 Å². The lowest BCUT2D eigenvalue weighted by atomic mass is 9.79. The van der Waals surface area contributed by atoms with Crippen molar-refractivity contribution in [3.63, 3.8) is 0 Å². The van der Waals surface area contributed by atoms with Crippen LogP contribution >= 0.6 is 0 Å². The van der Waals surface area contributed by atoms with E-state index in [2.05, 4.69) is 37.6 Å². The molecule has 3 heteroatoms. The molecule has 112 valence electrons. The summed E-state index contributed by atoms with van der Waals surface area (Å²) in [6, 6.07) is 0.688. The van der Waals surface area contributed by atoms with E-state index in [9.17, 15) is 0 Å². The van der Waals surface area contributed by atoms with Crippen LogP contribution in [0.2, 0.25) is 0 Å². The topological polar surface area (TPSA) is 29.9 Å². The Morgan fingerprint density at radius 3 is 2.70 bits per heavy atom. The Morgan fingerprint density at radius 2 is 2.00 bits per heavy atom. The average Bonchev–Trinajstić information content (AvgIpc) is 2.81. The monoisotopic (exact) mass is 275 g/mol. The molecule has 0 saturated heterocycles. The van der Waals surface area contributed by atoms with Gasteiger partial charge in [-0.2, -0.15) is 0 Å². The molecule has 0 bridgehead atoms. The molecule has 1 aliphatic heterocycles. The fourth-order valence-electron chi connectivity index (χ4n) is 3.92. The predicted molar refractivity (Wildman–Crippen MR) is 82.9 cm³/mol. The van der Waals surface area contributed by atoms with Crippen LogP contribution in [0, 0.1) is 11.8 Å². The molecule has 1 aliphatic carbocycles. The van der Waals surface area contributed by atoms with E-state index in [0.29, 0.717) is 12.0 Å². The Morgan fingerprint density at radius 1 is 1.20 bits per heavy atom. The Labute approximate surface area is 123 Å². The highest BCUT2D eigenvalue weighted by Gasteiger charge is 2.31. The zero-order chi connectivity index (χ0) is 14.3. The first-order chi connectivity index (χ1) is 9.58. The minimum Gasteiger partial charge on any atom is -0.328 e. The highest BCUT2D eigenvalue weighted by molar-refractivity contribution is 5.23. The van der Waals surface area contributed by atoms with E-state index >= 15 is 0 Å². The number of imidazole rings is 1. The third-order valence-corrected chi connectivity index (χ3v) is 5.40. The Balaban J connectivity index is 1.97. The molecule has 0 spiro atoms. The van der Waals surface area contributed by atoms with Crippen molar-refractivity contribution in [3.8, 4) is 0 Å². The van der Waals surface area contributed by atoms with Gasteiger partial charge in [-0.25, -0.2) is 4.98 Å². The van der Waals surface area contributed by atoms with Gasteiger partial charge in [0.15, 0.2) is 0 Å². The lowest BCUT2D eigenvalue weighted by molar-refractivity contribution is 0.204. The quantitative estimate of drug-likeness (QED) is 0.893. The number of hydrogen-bond acceptors (Lipinski definition) is 2. The minimum atomic E-state index is 0.523. The summed E-state index contributed by atoms with van der Waals surface area (Å²) in [6.45, 7) is 11.5. The van der Waals surface area contributed by atoms with Gasteiger partial charge in [-0.3, -0.25) is 0 Å². The van der Waals surface area contributed by atoms with Crippen LogP contribution in [0.1, 0.15) is 76.1 Å². The van der Waals surface area contributed by atoms with Crippen molar-refractivity contribution in [2.24, 2.45) is 11.8 Å². The number of fused-ring (bicyclic) bond motifs is 1. The number of aromatic nitrogens is 2. The molecular weight excluding hydrogens is 246 g/mol. The molecule has 20 heavy (non-hydrogen) atoms. The number of nitrogens with zero attached hydrogens (tertiary/aromatic N) is 2. The van der Waals surface area contributed by atoms with Crippen molar-refractivity contribution in [2.45, 2.75) is 71.9 Å². The third kappa shape index (κ3) is 2.41. The fraction of sp³-hybridized carbons (Fsp3) is 0.824. The largest absolute Gasteiger partial charge is 0.328 e. The Kier molecular flexibility index (Phi) is 3.89. The number of nitrogens with one attached hydrogen (secondary N) is 1. The second-order valence-electron chi connectivity index (χ2n) is 7.24. The van der Waals surface area contributed by atoms with Crippen LogP contribution in [0.25, 0.3) is 0 Å². The normalized spacial score (nSPS) is 30.6. The molecule has 0 amide bonds. The molecule has 1 fully saturated rings. The van der Waals surface area contributed by atoms with E-state index in [-0.39, 0.29) is 0 Å². The summed E-state index contributed by atoms with van der Waals surface area (Å²) in [5.74, 6) is 3.57. The van der Waals surface area contributed by atoms with Gasteiger partial charge in [-0.1, -0.05) is 27.7 Å². The van der Waals surface area contributed by atoms with Gasteiger partial charge >= 0.3 is 0 Å². The summed E-state index contributed by atoms with van der Waals surface area (Å²) < 4.78 is 2.64. The third-order valence-electron chi connectivity index (χ3n) is 5.40. The first-order valence-electron chi connectivity index (χ1n) is 8.38. The molecule has 1 aromatic heterocycles. The van der Waals surface area contributed by atoms with E-state index in [1.807, 2.05) is 0 Å². The molecule has 0 aromatic carbocycles. The van der Waals surface area contributed by atoms with Crippen LogP contribution < -0.4 is 5.32 Å².